The number of rotatable bonds is 9. The summed E-state index contributed by atoms with van der Waals surface area (Å²) in [7, 11) is 4.00. The van der Waals surface area contributed by atoms with Crippen molar-refractivity contribution < 1.29 is 9.59 Å². The van der Waals surface area contributed by atoms with Gasteiger partial charge in [0.1, 0.15) is 0 Å². The van der Waals surface area contributed by atoms with Gasteiger partial charge in [-0.1, -0.05) is 43.7 Å². The molecule has 0 aliphatic heterocycles. The van der Waals surface area contributed by atoms with Gasteiger partial charge in [-0.2, -0.15) is 0 Å². The van der Waals surface area contributed by atoms with E-state index in [-0.39, 0.29) is 23.8 Å². The highest BCUT2D eigenvalue weighted by molar-refractivity contribution is 5.89. The van der Waals surface area contributed by atoms with E-state index in [1.807, 2.05) is 44.4 Å². The maximum absolute atomic E-state index is 12.4. The molecule has 2 rings (SSSR count). The number of anilines is 1. The molecule has 3 unspecified atom stereocenters. The topological polar surface area (TPSA) is 73.5 Å². The van der Waals surface area contributed by atoms with Crippen LogP contribution in [0.1, 0.15) is 33.6 Å². The molecule has 0 heterocycles. The summed E-state index contributed by atoms with van der Waals surface area (Å²) in [5.41, 5.74) is 2.04. The number of nitrogens with one attached hydrogen (secondary N) is 3. The summed E-state index contributed by atoms with van der Waals surface area (Å²) in [6.07, 6.45) is 3.79. The first-order valence-corrected chi connectivity index (χ1v) is 11.0. The number of hydrogen-bond donors (Lipinski definition) is 3. The summed E-state index contributed by atoms with van der Waals surface area (Å²) < 4.78 is 0. The van der Waals surface area contributed by atoms with Gasteiger partial charge in [-0.05, 0) is 63.2 Å². The van der Waals surface area contributed by atoms with Crippen LogP contribution in [0.4, 0.5) is 10.5 Å². The van der Waals surface area contributed by atoms with Crippen LogP contribution in [0, 0.1) is 23.7 Å². The van der Waals surface area contributed by atoms with Crippen LogP contribution in [0.15, 0.2) is 42.0 Å². The fourth-order valence-corrected chi connectivity index (χ4v) is 4.13. The average Bonchev–Trinajstić information content (AvgIpc) is 2.68. The molecule has 30 heavy (non-hydrogen) atoms. The van der Waals surface area contributed by atoms with Gasteiger partial charge in [0, 0.05) is 31.7 Å². The Hall–Kier alpha value is -2.34. The first-order chi connectivity index (χ1) is 14.3. The predicted octanol–water partition coefficient (Wildman–Crippen LogP) is 3.73. The molecule has 6 heteroatoms. The van der Waals surface area contributed by atoms with E-state index >= 15 is 0 Å². The van der Waals surface area contributed by atoms with Gasteiger partial charge in [-0.15, -0.1) is 0 Å². The lowest BCUT2D eigenvalue weighted by Gasteiger charge is -2.37. The molecule has 0 bridgehead atoms. The van der Waals surface area contributed by atoms with Crippen LogP contribution in [-0.2, 0) is 4.79 Å². The lowest BCUT2D eigenvalue weighted by atomic mass is 9.70. The standard InChI is InChI=1S/C24H38N4O2/c1-17(2)22-14-19(15-23(29)25-11-12-28(4)5)18(3)13-20(22)16-26-24(30)27-21-9-7-6-8-10-21/h6-10,13,17,19-20,22H,11-12,14-16H2,1-5H3,(H,25,29)(H2,26,27,30). The smallest absolute Gasteiger partial charge is 0.319 e. The summed E-state index contributed by atoms with van der Waals surface area (Å²) in [5.74, 6) is 1.59. The zero-order chi connectivity index (χ0) is 22.1. The molecule has 1 aliphatic carbocycles. The molecule has 1 aromatic rings. The Kier molecular flexibility index (Phi) is 9.37. The molecular formula is C24H38N4O2. The molecule has 3 atom stereocenters. The van der Waals surface area contributed by atoms with Gasteiger partial charge in [0.15, 0.2) is 0 Å². The molecule has 166 valence electrons. The fraction of sp³-hybridized carbons (Fsp3) is 0.583. The van der Waals surface area contributed by atoms with Crippen molar-refractivity contribution >= 4 is 17.6 Å². The zero-order valence-corrected chi connectivity index (χ0v) is 19.1. The minimum absolute atomic E-state index is 0.121. The highest BCUT2D eigenvalue weighted by atomic mass is 16.2. The van der Waals surface area contributed by atoms with Gasteiger partial charge in [-0.3, -0.25) is 4.79 Å². The molecule has 0 radical (unpaired) electrons. The van der Waals surface area contributed by atoms with Gasteiger partial charge < -0.3 is 20.9 Å². The second kappa shape index (κ2) is 11.7. The Labute approximate surface area is 181 Å². The maximum atomic E-state index is 12.4. The monoisotopic (exact) mass is 414 g/mol. The number of hydrogen-bond acceptors (Lipinski definition) is 3. The predicted molar refractivity (Wildman–Crippen MR) is 123 cm³/mol. The van der Waals surface area contributed by atoms with Crippen molar-refractivity contribution in [3.8, 4) is 0 Å². The molecule has 0 fully saturated rings. The minimum Gasteiger partial charge on any atom is -0.355 e. The second-order valence-corrected chi connectivity index (χ2v) is 8.97. The fourth-order valence-electron chi connectivity index (χ4n) is 4.13. The van der Waals surface area contributed by atoms with E-state index in [9.17, 15) is 9.59 Å². The molecule has 3 N–H and O–H groups in total. The molecule has 0 saturated heterocycles. The average molecular weight is 415 g/mol. The van der Waals surface area contributed by atoms with Crippen LogP contribution in [0.25, 0.3) is 0 Å². The molecular weight excluding hydrogens is 376 g/mol. The SMILES string of the molecule is CC1=CC(CNC(=O)Nc2ccccc2)C(C(C)C)CC1CC(=O)NCCN(C)C. The van der Waals surface area contributed by atoms with Crippen LogP contribution in [-0.4, -0.2) is 50.6 Å². The van der Waals surface area contributed by atoms with Crippen LogP contribution in [0.2, 0.25) is 0 Å². The number of nitrogens with zero attached hydrogens (tertiary/aromatic N) is 1. The Balaban J connectivity index is 1.91. The molecule has 0 aromatic heterocycles. The van der Waals surface area contributed by atoms with E-state index in [0.717, 1.165) is 18.7 Å². The quantitative estimate of drug-likeness (QED) is 0.539. The minimum atomic E-state index is -0.183. The molecule has 1 aliphatic rings. The van der Waals surface area contributed by atoms with Crippen molar-refractivity contribution in [1.82, 2.24) is 15.5 Å². The summed E-state index contributed by atoms with van der Waals surface area (Å²) in [4.78, 5) is 26.7. The normalized spacial score (nSPS) is 21.3. The van der Waals surface area contributed by atoms with Crippen molar-refractivity contribution in [2.45, 2.75) is 33.6 Å². The third-order valence-electron chi connectivity index (χ3n) is 5.93. The van der Waals surface area contributed by atoms with E-state index in [1.165, 1.54) is 5.57 Å². The van der Waals surface area contributed by atoms with E-state index in [4.69, 9.17) is 0 Å². The number of carbonyl (C=O) groups is 2. The van der Waals surface area contributed by atoms with E-state index in [2.05, 4.69) is 47.7 Å². The molecule has 6 nitrogen and oxygen atoms in total. The third kappa shape index (κ3) is 7.82. The van der Waals surface area contributed by atoms with E-state index in [1.54, 1.807) is 0 Å². The van der Waals surface area contributed by atoms with Crippen LogP contribution >= 0.6 is 0 Å². The number of allylic oxidation sites excluding steroid dienone is 1. The van der Waals surface area contributed by atoms with Crippen molar-refractivity contribution in [3.05, 3.63) is 42.0 Å². The zero-order valence-electron chi connectivity index (χ0n) is 19.1. The number of amides is 3. The van der Waals surface area contributed by atoms with Gasteiger partial charge in [0.05, 0.1) is 0 Å². The molecule has 1 aromatic carbocycles. The van der Waals surface area contributed by atoms with Crippen molar-refractivity contribution in [2.75, 3.05) is 39.0 Å². The van der Waals surface area contributed by atoms with Crippen molar-refractivity contribution in [3.63, 3.8) is 0 Å². The van der Waals surface area contributed by atoms with Gasteiger partial charge in [0.25, 0.3) is 0 Å². The van der Waals surface area contributed by atoms with Crippen LogP contribution < -0.4 is 16.0 Å². The van der Waals surface area contributed by atoms with Gasteiger partial charge in [0.2, 0.25) is 5.91 Å². The van der Waals surface area contributed by atoms with Crippen molar-refractivity contribution in [2.24, 2.45) is 23.7 Å². The Bertz CT molecular complexity index is 715. The summed E-state index contributed by atoms with van der Waals surface area (Å²) in [6.45, 7) is 8.69. The van der Waals surface area contributed by atoms with E-state index in [0.29, 0.717) is 31.3 Å². The maximum Gasteiger partial charge on any atom is 0.319 e. The largest absolute Gasteiger partial charge is 0.355 e. The number of carbonyl (C=O) groups excluding carboxylic acids is 2. The highest BCUT2D eigenvalue weighted by Gasteiger charge is 2.32. The second-order valence-electron chi connectivity index (χ2n) is 8.97. The molecule has 0 spiro atoms. The first kappa shape index (κ1) is 23.9. The number of benzene rings is 1. The lowest BCUT2D eigenvalue weighted by molar-refractivity contribution is -0.122. The Morgan fingerprint density at radius 1 is 1.13 bits per heavy atom. The summed E-state index contributed by atoms with van der Waals surface area (Å²) in [5, 5.41) is 8.92. The highest BCUT2D eigenvalue weighted by Crippen LogP contribution is 2.38. The number of likely N-dealkylation sites (N-methyl/N-ethyl adjacent to an activating group) is 1. The number of para-hydroxylation sites is 1. The Morgan fingerprint density at radius 2 is 1.83 bits per heavy atom. The lowest BCUT2D eigenvalue weighted by Crippen LogP contribution is -2.39. The summed E-state index contributed by atoms with van der Waals surface area (Å²) in [6, 6.07) is 9.27. The van der Waals surface area contributed by atoms with Crippen LogP contribution in [0.3, 0.4) is 0 Å². The number of urea groups is 1. The Morgan fingerprint density at radius 3 is 2.47 bits per heavy atom. The van der Waals surface area contributed by atoms with E-state index < -0.39 is 0 Å². The molecule has 0 saturated carbocycles. The summed E-state index contributed by atoms with van der Waals surface area (Å²) >= 11 is 0. The van der Waals surface area contributed by atoms with Gasteiger partial charge in [-0.25, -0.2) is 4.79 Å². The van der Waals surface area contributed by atoms with Crippen molar-refractivity contribution in [1.29, 1.82) is 0 Å². The first-order valence-electron chi connectivity index (χ1n) is 11.0. The third-order valence-corrected chi connectivity index (χ3v) is 5.93. The van der Waals surface area contributed by atoms with Gasteiger partial charge >= 0.3 is 6.03 Å². The molecule has 3 amide bonds. The van der Waals surface area contributed by atoms with Crippen LogP contribution in [0.5, 0.6) is 0 Å².